The summed E-state index contributed by atoms with van der Waals surface area (Å²) in [5, 5.41) is 0. The third kappa shape index (κ3) is 9.11. The molecule has 4 aromatic carbocycles. The van der Waals surface area contributed by atoms with Crippen LogP contribution >= 0.6 is 0 Å². The van der Waals surface area contributed by atoms with Crippen molar-refractivity contribution in [2.45, 2.75) is 32.1 Å². The summed E-state index contributed by atoms with van der Waals surface area (Å²) >= 11 is 0. The predicted molar refractivity (Wildman–Crippen MR) is 167 cm³/mol. The number of carbonyl (C=O) groups excluding carboxylic acids is 1. The zero-order valence-corrected chi connectivity index (χ0v) is 24.5. The van der Waals surface area contributed by atoms with Gasteiger partial charge in [0, 0.05) is 18.9 Å². The van der Waals surface area contributed by atoms with E-state index in [1.165, 1.54) is 0 Å². The Hall–Kier alpha value is -5.27. The maximum atomic E-state index is 14.9. The van der Waals surface area contributed by atoms with Crippen LogP contribution in [0.2, 0.25) is 0 Å². The van der Waals surface area contributed by atoms with E-state index in [1.54, 1.807) is 36.4 Å². The molecule has 3 nitrogen and oxygen atoms in total. The van der Waals surface area contributed by atoms with E-state index in [0.717, 1.165) is 61.6 Å². The first-order valence-corrected chi connectivity index (χ1v) is 14.3. The van der Waals surface area contributed by atoms with Gasteiger partial charge in [-0.25, -0.2) is 22.4 Å². The van der Waals surface area contributed by atoms with E-state index >= 15 is 0 Å². The lowest BCUT2D eigenvalue weighted by Gasteiger charge is -2.09. The Bertz CT molecular complexity index is 1710. The second kappa shape index (κ2) is 16.0. The lowest BCUT2D eigenvalue weighted by molar-refractivity contribution is -0.137. The van der Waals surface area contributed by atoms with Crippen LogP contribution in [0.15, 0.2) is 85.5 Å². The Balaban J connectivity index is 1.43. The highest BCUT2D eigenvalue weighted by atomic mass is 19.1. The minimum Gasteiger partial charge on any atom is -0.493 e. The summed E-state index contributed by atoms with van der Waals surface area (Å²) in [5.74, 6) is 3.34. The molecule has 0 aromatic heterocycles. The largest absolute Gasteiger partial charge is 0.493 e. The van der Waals surface area contributed by atoms with Crippen molar-refractivity contribution in [3.8, 4) is 52.2 Å². The first-order valence-electron chi connectivity index (χ1n) is 14.3. The molecule has 0 N–H and O–H groups in total. The van der Waals surface area contributed by atoms with Crippen LogP contribution in [0, 0.1) is 47.5 Å². The number of benzene rings is 4. The lowest BCUT2D eigenvalue weighted by Crippen LogP contribution is -2.06. The molecule has 0 fully saturated rings. The number of rotatable bonds is 12. The molecule has 0 radical (unpaired) electrons. The van der Waals surface area contributed by atoms with Gasteiger partial charge in [0.2, 0.25) is 0 Å². The summed E-state index contributed by atoms with van der Waals surface area (Å²) in [7, 11) is 0. The first-order chi connectivity index (χ1) is 21.8. The highest BCUT2D eigenvalue weighted by molar-refractivity contribution is 5.81. The minimum atomic E-state index is -0.969. The van der Waals surface area contributed by atoms with Crippen molar-refractivity contribution in [3.05, 3.63) is 125 Å². The Labute approximate surface area is 260 Å². The van der Waals surface area contributed by atoms with Crippen LogP contribution in [0.3, 0.4) is 0 Å². The molecule has 4 aromatic rings. The summed E-state index contributed by atoms with van der Waals surface area (Å²) in [5.41, 5.74) is 1.62. The van der Waals surface area contributed by atoms with Gasteiger partial charge in [-0.15, -0.1) is 12.3 Å². The second-order valence-corrected chi connectivity index (χ2v) is 10.1. The van der Waals surface area contributed by atoms with Gasteiger partial charge in [0.15, 0.2) is 0 Å². The number of halogens is 4. The molecule has 0 saturated heterocycles. The number of esters is 1. The summed E-state index contributed by atoms with van der Waals surface area (Å²) in [6.07, 6.45) is 10.3. The van der Waals surface area contributed by atoms with Gasteiger partial charge in [0.1, 0.15) is 29.0 Å². The van der Waals surface area contributed by atoms with Gasteiger partial charge < -0.3 is 9.47 Å². The van der Waals surface area contributed by atoms with Gasteiger partial charge in [0.05, 0.1) is 24.3 Å². The van der Waals surface area contributed by atoms with Gasteiger partial charge in [-0.2, -0.15) is 0 Å². The van der Waals surface area contributed by atoms with E-state index in [9.17, 15) is 22.4 Å². The standard InChI is InChI=1S/C38H30F4O3/c1-3-5-6-7-9-26-10-12-27(13-11-26)29-22-34(39)32(35(40)23-29)18-19-33-36(41)24-30(25-37(33)42)28-14-16-31(17-15-28)44-20-8-21-45-38(43)4-2/h1,4,10-17,22-25H,2,5-9,20-21H2. The minimum absolute atomic E-state index is 0.186. The summed E-state index contributed by atoms with van der Waals surface area (Å²) in [4.78, 5) is 11.0. The zero-order valence-electron chi connectivity index (χ0n) is 24.5. The molecule has 0 aliphatic heterocycles. The number of aryl methyl sites for hydroxylation is 1. The van der Waals surface area contributed by atoms with Crippen LogP contribution in [-0.2, 0) is 16.0 Å². The fraction of sp³-hybridized carbons (Fsp3) is 0.184. The topological polar surface area (TPSA) is 35.5 Å². The fourth-order valence-electron chi connectivity index (χ4n) is 4.49. The number of hydrogen-bond acceptors (Lipinski definition) is 3. The van der Waals surface area contributed by atoms with Gasteiger partial charge in [0.25, 0.3) is 0 Å². The molecule has 228 valence electrons. The fourth-order valence-corrected chi connectivity index (χ4v) is 4.49. The van der Waals surface area contributed by atoms with E-state index in [2.05, 4.69) is 24.3 Å². The summed E-state index contributed by atoms with van der Waals surface area (Å²) in [6, 6.07) is 18.4. The van der Waals surface area contributed by atoms with E-state index in [0.29, 0.717) is 35.5 Å². The van der Waals surface area contributed by atoms with Gasteiger partial charge in [-0.1, -0.05) is 54.8 Å². The quantitative estimate of drug-likeness (QED) is 0.0529. The Morgan fingerprint density at radius 1 is 0.711 bits per heavy atom. The Morgan fingerprint density at radius 2 is 1.22 bits per heavy atom. The molecule has 45 heavy (non-hydrogen) atoms. The van der Waals surface area contributed by atoms with E-state index in [4.69, 9.17) is 15.9 Å². The molecule has 4 rings (SSSR count). The molecule has 0 bridgehead atoms. The average Bonchev–Trinajstić information content (AvgIpc) is 3.04. The van der Waals surface area contributed by atoms with Crippen LogP contribution in [0.4, 0.5) is 17.6 Å². The number of carbonyl (C=O) groups is 1. The second-order valence-electron chi connectivity index (χ2n) is 10.1. The van der Waals surface area contributed by atoms with Crippen LogP contribution in [-0.4, -0.2) is 19.2 Å². The maximum Gasteiger partial charge on any atom is 0.330 e. The van der Waals surface area contributed by atoms with Crippen molar-refractivity contribution < 1.29 is 31.8 Å². The molecule has 0 saturated carbocycles. The highest BCUT2D eigenvalue weighted by Gasteiger charge is 2.14. The van der Waals surface area contributed by atoms with Gasteiger partial charge >= 0.3 is 5.97 Å². The molecular weight excluding hydrogens is 580 g/mol. The molecule has 0 heterocycles. The molecule has 0 unspecified atom stereocenters. The third-order valence-electron chi connectivity index (χ3n) is 6.88. The lowest BCUT2D eigenvalue weighted by atomic mass is 9.99. The molecule has 0 atom stereocenters. The Kier molecular flexibility index (Phi) is 11.6. The molecular formula is C38H30F4O3. The normalized spacial score (nSPS) is 10.4. The van der Waals surface area contributed by atoms with Crippen LogP contribution in [0.1, 0.15) is 42.4 Å². The van der Waals surface area contributed by atoms with Gasteiger partial charge in [-0.05, 0) is 83.5 Å². The number of unbranched alkanes of at least 4 members (excludes halogenated alkanes) is 2. The number of hydrogen-bond donors (Lipinski definition) is 0. The molecule has 0 aliphatic rings. The van der Waals surface area contributed by atoms with Crippen molar-refractivity contribution >= 4 is 5.97 Å². The van der Waals surface area contributed by atoms with E-state index < -0.39 is 40.4 Å². The molecule has 7 heteroatoms. The zero-order chi connectivity index (χ0) is 32.2. The van der Waals surface area contributed by atoms with E-state index in [-0.39, 0.29) is 12.2 Å². The van der Waals surface area contributed by atoms with E-state index in [1.807, 2.05) is 12.1 Å². The maximum absolute atomic E-state index is 14.9. The molecule has 0 spiro atoms. The molecule has 0 aliphatic carbocycles. The smallest absolute Gasteiger partial charge is 0.330 e. The van der Waals surface area contributed by atoms with Crippen LogP contribution in [0.5, 0.6) is 5.75 Å². The monoisotopic (exact) mass is 610 g/mol. The van der Waals surface area contributed by atoms with Gasteiger partial charge in [-0.3, -0.25) is 0 Å². The van der Waals surface area contributed by atoms with Crippen molar-refractivity contribution in [2.75, 3.05) is 13.2 Å². The van der Waals surface area contributed by atoms with Crippen LogP contribution in [0.25, 0.3) is 22.3 Å². The number of terminal acetylenes is 1. The van der Waals surface area contributed by atoms with Crippen molar-refractivity contribution in [3.63, 3.8) is 0 Å². The molecule has 0 amide bonds. The average molecular weight is 611 g/mol. The third-order valence-corrected chi connectivity index (χ3v) is 6.88. The highest BCUT2D eigenvalue weighted by Crippen LogP contribution is 2.28. The SMILES string of the molecule is C#CCCCCc1ccc(-c2cc(F)c(C#Cc3c(F)cc(-c4ccc(OCCCOC(=O)C=C)cc4)cc3F)c(F)c2)cc1. The Morgan fingerprint density at radius 3 is 1.71 bits per heavy atom. The van der Waals surface area contributed by atoms with Crippen molar-refractivity contribution in [1.82, 2.24) is 0 Å². The summed E-state index contributed by atoms with van der Waals surface area (Å²) < 4.78 is 70.2. The predicted octanol–water partition coefficient (Wildman–Crippen LogP) is 8.82. The summed E-state index contributed by atoms with van der Waals surface area (Å²) in [6.45, 7) is 3.80. The van der Waals surface area contributed by atoms with Crippen LogP contribution < -0.4 is 4.74 Å². The van der Waals surface area contributed by atoms with Crippen molar-refractivity contribution in [1.29, 1.82) is 0 Å². The van der Waals surface area contributed by atoms with Crippen molar-refractivity contribution in [2.24, 2.45) is 0 Å². The number of ether oxygens (including phenoxy) is 2. The first kappa shape index (κ1) is 32.6.